The zero-order chi connectivity index (χ0) is 12.1. The highest BCUT2D eigenvalue weighted by Crippen LogP contribution is 2.22. The minimum atomic E-state index is 0.257. The molecule has 0 aliphatic heterocycles. The largest absolute Gasteiger partial charge is 0.396 e. The summed E-state index contributed by atoms with van der Waals surface area (Å²) in [5.41, 5.74) is 5.09. The van der Waals surface area contributed by atoms with Gasteiger partial charge in [0.05, 0.1) is 0 Å². The van der Waals surface area contributed by atoms with Crippen LogP contribution in [0.1, 0.15) is 30.0 Å². The smallest absolute Gasteiger partial charge is 0.0475 e. The van der Waals surface area contributed by atoms with Gasteiger partial charge in [-0.05, 0) is 44.2 Å². The maximum atomic E-state index is 9.15. The molecule has 2 heteroatoms. The molecular weight excluding hydrogens is 198 g/mol. The fourth-order valence-electron chi connectivity index (χ4n) is 2.04. The van der Waals surface area contributed by atoms with Crippen molar-refractivity contribution >= 4 is 5.69 Å². The van der Waals surface area contributed by atoms with E-state index in [1.807, 2.05) is 0 Å². The van der Waals surface area contributed by atoms with Crippen molar-refractivity contribution < 1.29 is 5.11 Å². The third-order valence-electron chi connectivity index (χ3n) is 3.08. The average molecular weight is 221 g/mol. The molecule has 0 aliphatic rings. The third kappa shape index (κ3) is 3.24. The Morgan fingerprint density at radius 2 is 1.75 bits per heavy atom. The minimum Gasteiger partial charge on any atom is -0.396 e. The molecule has 0 radical (unpaired) electrons. The maximum absolute atomic E-state index is 9.15. The molecule has 1 aromatic carbocycles. The molecule has 0 heterocycles. The highest BCUT2D eigenvalue weighted by molar-refractivity contribution is 5.58. The molecular formula is C14H23NO. The normalized spacial score (nSPS) is 12.6. The molecule has 0 aliphatic carbocycles. The van der Waals surface area contributed by atoms with E-state index in [1.165, 1.54) is 22.4 Å². The van der Waals surface area contributed by atoms with Crippen molar-refractivity contribution in [3.05, 3.63) is 28.8 Å². The number of aryl methyl sites for hydroxylation is 3. The van der Waals surface area contributed by atoms with Crippen LogP contribution in [0.4, 0.5) is 5.69 Å². The zero-order valence-electron chi connectivity index (χ0n) is 10.8. The molecule has 16 heavy (non-hydrogen) atoms. The number of aliphatic hydroxyl groups excluding tert-OH is 1. The Hall–Kier alpha value is -1.02. The van der Waals surface area contributed by atoms with E-state index in [1.54, 1.807) is 0 Å². The minimum absolute atomic E-state index is 0.257. The molecule has 1 unspecified atom stereocenters. The molecule has 0 spiro atoms. The lowest BCUT2D eigenvalue weighted by molar-refractivity contribution is 0.230. The Morgan fingerprint density at radius 3 is 2.19 bits per heavy atom. The summed E-state index contributed by atoms with van der Waals surface area (Å²) in [6.07, 6.45) is 1.01. The molecule has 0 amide bonds. The van der Waals surface area contributed by atoms with E-state index in [2.05, 4.69) is 45.1 Å². The van der Waals surface area contributed by atoms with E-state index in [0.717, 1.165) is 13.0 Å². The fraction of sp³-hybridized carbons (Fsp3) is 0.571. The van der Waals surface area contributed by atoms with E-state index in [-0.39, 0.29) is 6.61 Å². The van der Waals surface area contributed by atoms with Crippen LogP contribution >= 0.6 is 0 Å². The van der Waals surface area contributed by atoms with Crippen LogP contribution in [0.15, 0.2) is 12.1 Å². The van der Waals surface area contributed by atoms with Crippen LogP contribution in [0.5, 0.6) is 0 Å². The van der Waals surface area contributed by atoms with Crippen molar-refractivity contribution in [2.24, 2.45) is 5.92 Å². The van der Waals surface area contributed by atoms with Gasteiger partial charge in [0.25, 0.3) is 0 Å². The van der Waals surface area contributed by atoms with E-state index in [0.29, 0.717) is 5.92 Å². The summed E-state index contributed by atoms with van der Waals surface area (Å²) >= 11 is 0. The number of nitrogens with one attached hydrogen (secondary N) is 1. The number of benzene rings is 1. The summed E-state index contributed by atoms with van der Waals surface area (Å²) < 4.78 is 0. The molecule has 0 fully saturated rings. The summed E-state index contributed by atoms with van der Waals surface area (Å²) in [6.45, 7) is 9.58. The van der Waals surface area contributed by atoms with Gasteiger partial charge in [0.2, 0.25) is 0 Å². The predicted molar refractivity (Wildman–Crippen MR) is 70.0 cm³/mol. The van der Waals surface area contributed by atoms with Crippen LogP contribution in [0.25, 0.3) is 0 Å². The van der Waals surface area contributed by atoms with Gasteiger partial charge in [0, 0.05) is 18.8 Å². The quantitative estimate of drug-likeness (QED) is 0.801. The Morgan fingerprint density at radius 1 is 1.19 bits per heavy atom. The summed E-state index contributed by atoms with van der Waals surface area (Å²) in [7, 11) is 0. The van der Waals surface area contributed by atoms with Crippen molar-refractivity contribution in [3.8, 4) is 0 Å². The van der Waals surface area contributed by atoms with Gasteiger partial charge in [-0.2, -0.15) is 0 Å². The van der Waals surface area contributed by atoms with Crippen molar-refractivity contribution in [1.29, 1.82) is 0 Å². The molecule has 1 atom stereocenters. The van der Waals surface area contributed by atoms with Gasteiger partial charge in [-0.1, -0.05) is 24.6 Å². The Labute approximate surface area is 98.7 Å². The molecule has 0 saturated carbocycles. The van der Waals surface area contributed by atoms with Gasteiger partial charge in [-0.25, -0.2) is 0 Å². The second kappa shape index (κ2) is 5.90. The Balaban J connectivity index is 2.74. The van der Waals surface area contributed by atoms with Gasteiger partial charge in [-0.15, -0.1) is 0 Å². The highest BCUT2D eigenvalue weighted by atomic mass is 16.3. The van der Waals surface area contributed by atoms with Crippen LogP contribution in [0.3, 0.4) is 0 Å². The van der Waals surface area contributed by atoms with Crippen LogP contribution in [-0.2, 0) is 0 Å². The molecule has 90 valence electrons. The van der Waals surface area contributed by atoms with Crippen molar-refractivity contribution in [3.63, 3.8) is 0 Å². The van der Waals surface area contributed by atoms with Crippen LogP contribution in [0, 0.1) is 26.7 Å². The molecule has 0 aromatic heterocycles. The average Bonchev–Trinajstić information content (AvgIpc) is 2.22. The first-order chi connectivity index (χ1) is 7.58. The lowest BCUT2D eigenvalue weighted by Crippen LogP contribution is -2.18. The predicted octanol–water partition coefficient (Wildman–Crippen LogP) is 3.04. The second-order valence-electron chi connectivity index (χ2n) is 4.61. The van der Waals surface area contributed by atoms with Gasteiger partial charge in [0.1, 0.15) is 0 Å². The third-order valence-corrected chi connectivity index (χ3v) is 3.08. The number of rotatable bonds is 5. The van der Waals surface area contributed by atoms with Crippen molar-refractivity contribution in [2.75, 3.05) is 18.5 Å². The monoisotopic (exact) mass is 221 g/mol. The Bertz CT molecular complexity index is 320. The lowest BCUT2D eigenvalue weighted by Gasteiger charge is -2.17. The number of anilines is 1. The number of hydrogen-bond donors (Lipinski definition) is 2. The molecule has 1 aromatic rings. The Kier molecular flexibility index (Phi) is 4.81. The number of aliphatic hydroxyl groups is 1. The molecule has 2 nitrogen and oxygen atoms in total. The SMILES string of the molecule is CCC(CO)CNc1c(C)cc(C)cc1C. The summed E-state index contributed by atoms with van der Waals surface area (Å²) in [5, 5.41) is 12.6. The zero-order valence-corrected chi connectivity index (χ0v) is 10.8. The van der Waals surface area contributed by atoms with Gasteiger partial charge in [-0.3, -0.25) is 0 Å². The maximum Gasteiger partial charge on any atom is 0.0475 e. The standard InChI is InChI=1S/C14H23NO/c1-5-13(9-16)8-15-14-11(3)6-10(2)7-12(14)4/h6-7,13,15-16H,5,8-9H2,1-4H3. The van der Waals surface area contributed by atoms with Crippen molar-refractivity contribution in [1.82, 2.24) is 0 Å². The van der Waals surface area contributed by atoms with Gasteiger partial charge >= 0.3 is 0 Å². The summed E-state index contributed by atoms with van der Waals surface area (Å²) in [5.74, 6) is 0.347. The van der Waals surface area contributed by atoms with E-state index in [9.17, 15) is 0 Å². The van der Waals surface area contributed by atoms with E-state index < -0.39 is 0 Å². The van der Waals surface area contributed by atoms with Crippen LogP contribution in [-0.4, -0.2) is 18.3 Å². The molecule has 0 saturated heterocycles. The first-order valence-electron chi connectivity index (χ1n) is 6.01. The first-order valence-corrected chi connectivity index (χ1v) is 6.01. The fourth-order valence-corrected chi connectivity index (χ4v) is 2.04. The molecule has 2 N–H and O–H groups in total. The van der Waals surface area contributed by atoms with Gasteiger partial charge < -0.3 is 10.4 Å². The topological polar surface area (TPSA) is 32.3 Å². The highest BCUT2D eigenvalue weighted by Gasteiger charge is 2.07. The second-order valence-corrected chi connectivity index (χ2v) is 4.61. The van der Waals surface area contributed by atoms with Crippen molar-refractivity contribution in [2.45, 2.75) is 34.1 Å². The van der Waals surface area contributed by atoms with E-state index >= 15 is 0 Å². The van der Waals surface area contributed by atoms with Crippen LogP contribution < -0.4 is 5.32 Å². The lowest BCUT2D eigenvalue weighted by atomic mass is 10.0. The summed E-state index contributed by atoms with van der Waals surface area (Å²) in [6, 6.07) is 4.38. The van der Waals surface area contributed by atoms with Gasteiger partial charge in [0.15, 0.2) is 0 Å². The van der Waals surface area contributed by atoms with E-state index in [4.69, 9.17) is 5.11 Å². The van der Waals surface area contributed by atoms with Crippen LogP contribution in [0.2, 0.25) is 0 Å². The molecule has 0 bridgehead atoms. The number of hydrogen-bond acceptors (Lipinski definition) is 2. The summed E-state index contributed by atoms with van der Waals surface area (Å²) in [4.78, 5) is 0. The molecule has 1 rings (SSSR count). The first kappa shape index (κ1) is 13.0.